The highest BCUT2D eigenvalue weighted by Gasteiger charge is 2.31. The van der Waals surface area contributed by atoms with E-state index in [2.05, 4.69) is 5.32 Å². The van der Waals surface area contributed by atoms with Crippen LogP contribution in [-0.4, -0.2) is 31.6 Å². The molecule has 2 aliphatic heterocycles. The maximum Gasteiger partial charge on any atom is 0.259 e. The van der Waals surface area contributed by atoms with Gasteiger partial charge >= 0.3 is 0 Å². The minimum Gasteiger partial charge on any atom is -0.486 e. The predicted molar refractivity (Wildman–Crippen MR) is 110 cm³/mol. The second-order valence-corrected chi connectivity index (χ2v) is 7.26. The van der Waals surface area contributed by atoms with Gasteiger partial charge < -0.3 is 14.8 Å². The fraction of sp³-hybridized carbons (Fsp3) is 0.217. The van der Waals surface area contributed by atoms with Crippen LogP contribution in [0.2, 0.25) is 0 Å². The first-order valence-electron chi connectivity index (χ1n) is 9.64. The van der Waals surface area contributed by atoms with Crippen molar-refractivity contribution in [2.24, 2.45) is 0 Å². The topological polar surface area (TPSA) is 67.9 Å². The molecule has 0 bridgehead atoms. The van der Waals surface area contributed by atoms with Crippen LogP contribution in [0.1, 0.15) is 28.9 Å². The predicted octanol–water partition coefficient (Wildman–Crippen LogP) is 3.45. The van der Waals surface area contributed by atoms with E-state index in [4.69, 9.17) is 9.47 Å². The standard InChI is InChI=1S/C23H20N2O4/c1-14(16-8-9-19-20(12-16)29-11-10-28-19)24-21(26)13-25-18-7-3-5-15-4-2-6-17(22(15)18)23(25)27/h2-9,12,14H,10-11,13H2,1H3,(H,24,26)/t14-/m0/s1. The number of hydrogen-bond acceptors (Lipinski definition) is 4. The first-order valence-corrected chi connectivity index (χ1v) is 9.64. The monoisotopic (exact) mass is 388 g/mol. The first kappa shape index (κ1) is 17.6. The van der Waals surface area contributed by atoms with Crippen LogP contribution < -0.4 is 19.7 Å². The number of anilines is 1. The van der Waals surface area contributed by atoms with E-state index in [1.165, 1.54) is 0 Å². The molecule has 2 heterocycles. The molecule has 1 N–H and O–H groups in total. The fourth-order valence-electron chi connectivity index (χ4n) is 3.98. The van der Waals surface area contributed by atoms with E-state index in [-0.39, 0.29) is 24.4 Å². The fourth-order valence-corrected chi connectivity index (χ4v) is 3.98. The van der Waals surface area contributed by atoms with Crippen LogP contribution >= 0.6 is 0 Å². The Bertz CT molecular complexity index is 1140. The van der Waals surface area contributed by atoms with Crippen molar-refractivity contribution in [3.8, 4) is 11.5 Å². The van der Waals surface area contributed by atoms with Crippen LogP contribution in [0.4, 0.5) is 5.69 Å². The second kappa shape index (κ2) is 6.81. The molecular weight excluding hydrogens is 368 g/mol. The summed E-state index contributed by atoms with van der Waals surface area (Å²) < 4.78 is 11.2. The zero-order chi connectivity index (χ0) is 20.0. The molecule has 1 atom stereocenters. The maximum atomic E-state index is 12.8. The Balaban J connectivity index is 1.33. The Hall–Kier alpha value is -3.54. The normalized spacial score (nSPS) is 15.5. The summed E-state index contributed by atoms with van der Waals surface area (Å²) in [5.74, 6) is 1.04. The molecule has 3 aromatic carbocycles. The van der Waals surface area contributed by atoms with Gasteiger partial charge in [0, 0.05) is 10.9 Å². The molecule has 0 aromatic heterocycles. The Kier molecular flexibility index (Phi) is 4.12. The lowest BCUT2D eigenvalue weighted by molar-refractivity contribution is -0.120. The van der Waals surface area contributed by atoms with E-state index >= 15 is 0 Å². The average Bonchev–Trinajstić information content (AvgIpc) is 3.01. The van der Waals surface area contributed by atoms with Crippen molar-refractivity contribution >= 4 is 28.3 Å². The highest BCUT2D eigenvalue weighted by molar-refractivity contribution is 6.26. The van der Waals surface area contributed by atoms with Gasteiger partial charge in [-0.05, 0) is 42.1 Å². The van der Waals surface area contributed by atoms with Crippen LogP contribution in [0.3, 0.4) is 0 Å². The van der Waals surface area contributed by atoms with Gasteiger partial charge in [-0.2, -0.15) is 0 Å². The number of carbonyl (C=O) groups excluding carboxylic acids is 2. The largest absolute Gasteiger partial charge is 0.486 e. The van der Waals surface area contributed by atoms with Crippen LogP contribution in [0.25, 0.3) is 10.8 Å². The van der Waals surface area contributed by atoms with Gasteiger partial charge in [-0.25, -0.2) is 0 Å². The smallest absolute Gasteiger partial charge is 0.259 e. The minimum atomic E-state index is -0.228. The van der Waals surface area contributed by atoms with Gasteiger partial charge in [-0.3, -0.25) is 14.5 Å². The molecule has 0 saturated heterocycles. The van der Waals surface area contributed by atoms with Crippen LogP contribution in [0.5, 0.6) is 11.5 Å². The summed E-state index contributed by atoms with van der Waals surface area (Å²) in [5, 5.41) is 4.89. The Morgan fingerprint density at radius 2 is 1.83 bits per heavy atom. The highest BCUT2D eigenvalue weighted by Crippen LogP contribution is 2.37. The molecule has 0 spiro atoms. The van der Waals surface area contributed by atoms with Crippen LogP contribution in [-0.2, 0) is 4.79 Å². The van der Waals surface area contributed by atoms with Gasteiger partial charge in [0.05, 0.1) is 11.7 Å². The quantitative estimate of drug-likeness (QED) is 0.743. The number of fused-ring (bicyclic) bond motifs is 1. The third-order valence-corrected chi connectivity index (χ3v) is 5.39. The molecule has 0 saturated carbocycles. The number of carbonyl (C=O) groups is 2. The van der Waals surface area contributed by atoms with Gasteiger partial charge in [0.25, 0.3) is 5.91 Å². The molecule has 0 fully saturated rings. The molecule has 0 unspecified atom stereocenters. The lowest BCUT2D eigenvalue weighted by Crippen LogP contribution is -2.39. The molecule has 6 heteroatoms. The summed E-state index contributed by atoms with van der Waals surface area (Å²) in [6.45, 7) is 2.93. The van der Waals surface area contributed by atoms with Crippen molar-refractivity contribution in [2.45, 2.75) is 13.0 Å². The molecule has 3 aromatic rings. The summed E-state index contributed by atoms with van der Waals surface area (Å²) >= 11 is 0. The SMILES string of the molecule is C[C@H](NC(=O)CN1C(=O)c2cccc3cccc1c23)c1ccc2c(c1)OCCO2. The first-order chi connectivity index (χ1) is 14.1. The van der Waals surface area contributed by atoms with Gasteiger partial charge in [0.2, 0.25) is 5.91 Å². The Morgan fingerprint density at radius 3 is 2.66 bits per heavy atom. The van der Waals surface area contributed by atoms with E-state index < -0.39 is 0 Å². The van der Waals surface area contributed by atoms with Crippen LogP contribution in [0.15, 0.2) is 54.6 Å². The van der Waals surface area contributed by atoms with Gasteiger partial charge in [-0.15, -0.1) is 0 Å². The van der Waals surface area contributed by atoms with Crippen molar-refractivity contribution in [1.82, 2.24) is 5.32 Å². The van der Waals surface area contributed by atoms with E-state index in [1.807, 2.05) is 61.5 Å². The summed E-state index contributed by atoms with van der Waals surface area (Å²) in [6, 6.07) is 16.8. The van der Waals surface area contributed by atoms with Crippen molar-refractivity contribution in [3.63, 3.8) is 0 Å². The molecule has 29 heavy (non-hydrogen) atoms. The van der Waals surface area contributed by atoms with E-state index in [0.717, 1.165) is 22.0 Å². The third kappa shape index (κ3) is 2.97. The molecule has 146 valence electrons. The van der Waals surface area contributed by atoms with Gasteiger partial charge in [-0.1, -0.05) is 30.3 Å². The summed E-state index contributed by atoms with van der Waals surface area (Å²) in [5.41, 5.74) is 2.34. The molecule has 2 aliphatic rings. The number of rotatable bonds is 4. The summed E-state index contributed by atoms with van der Waals surface area (Å²) in [4.78, 5) is 27.1. The number of nitrogens with zero attached hydrogens (tertiary/aromatic N) is 1. The molecule has 6 nitrogen and oxygen atoms in total. The average molecular weight is 388 g/mol. The highest BCUT2D eigenvalue weighted by atomic mass is 16.6. The van der Waals surface area contributed by atoms with E-state index in [0.29, 0.717) is 30.3 Å². The second-order valence-electron chi connectivity index (χ2n) is 7.26. The summed E-state index contributed by atoms with van der Waals surface area (Å²) in [6.07, 6.45) is 0. The maximum absolute atomic E-state index is 12.8. The van der Waals surface area contributed by atoms with Crippen LogP contribution in [0, 0.1) is 0 Å². The van der Waals surface area contributed by atoms with Gasteiger partial charge in [0.1, 0.15) is 19.8 Å². The zero-order valence-corrected chi connectivity index (χ0v) is 16.0. The van der Waals surface area contributed by atoms with Crippen molar-refractivity contribution in [2.75, 3.05) is 24.7 Å². The van der Waals surface area contributed by atoms with Crippen molar-refractivity contribution in [3.05, 3.63) is 65.7 Å². The number of ether oxygens (including phenoxy) is 2. The number of nitrogens with one attached hydrogen (secondary N) is 1. The molecule has 2 amide bonds. The van der Waals surface area contributed by atoms with Gasteiger partial charge in [0.15, 0.2) is 11.5 Å². The number of hydrogen-bond donors (Lipinski definition) is 1. The zero-order valence-electron chi connectivity index (χ0n) is 16.0. The molecule has 5 rings (SSSR count). The minimum absolute atomic E-state index is 0.0263. The summed E-state index contributed by atoms with van der Waals surface area (Å²) in [7, 11) is 0. The van der Waals surface area contributed by atoms with E-state index in [1.54, 1.807) is 4.90 Å². The number of amides is 2. The lowest BCUT2D eigenvalue weighted by Gasteiger charge is -2.22. The lowest BCUT2D eigenvalue weighted by atomic mass is 10.1. The van der Waals surface area contributed by atoms with Crippen molar-refractivity contribution < 1.29 is 19.1 Å². The molecule has 0 radical (unpaired) electrons. The van der Waals surface area contributed by atoms with E-state index in [9.17, 15) is 9.59 Å². The third-order valence-electron chi connectivity index (χ3n) is 5.39. The molecule has 0 aliphatic carbocycles. The molecular formula is C23H20N2O4. The Morgan fingerprint density at radius 1 is 1.07 bits per heavy atom. The Labute approximate surface area is 168 Å². The van der Waals surface area contributed by atoms with Crippen molar-refractivity contribution in [1.29, 1.82) is 0 Å². The number of benzene rings is 3.